The van der Waals surface area contributed by atoms with Crippen LogP contribution in [0.1, 0.15) is 6.92 Å². The Bertz CT molecular complexity index is 354. The Morgan fingerprint density at radius 1 is 1.19 bits per heavy atom. The van der Waals surface area contributed by atoms with E-state index in [0.717, 1.165) is 12.1 Å². The van der Waals surface area contributed by atoms with Gasteiger partial charge in [0.15, 0.2) is 11.6 Å². The number of halogens is 2. The van der Waals surface area contributed by atoms with Gasteiger partial charge in [0.1, 0.15) is 0 Å². The molecule has 0 spiro atoms. The van der Waals surface area contributed by atoms with Crippen LogP contribution in [-0.4, -0.2) is 30.0 Å². The van der Waals surface area contributed by atoms with Gasteiger partial charge in [-0.05, 0) is 18.2 Å². The predicted molar refractivity (Wildman–Crippen MR) is 57.1 cm³/mol. The molecule has 16 heavy (non-hydrogen) atoms. The highest BCUT2D eigenvalue weighted by molar-refractivity contribution is 5.43. The van der Waals surface area contributed by atoms with E-state index < -0.39 is 17.0 Å². The lowest BCUT2D eigenvalue weighted by Gasteiger charge is -2.25. The Balaban J connectivity index is 2.64. The van der Waals surface area contributed by atoms with E-state index in [1.54, 1.807) is 6.92 Å². The van der Waals surface area contributed by atoms with Gasteiger partial charge in [0, 0.05) is 17.6 Å². The third kappa shape index (κ3) is 3.15. The van der Waals surface area contributed by atoms with Crippen molar-refractivity contribution in [3.8, 4) is 0 Å². The fourth-order valence-electron chi connectivity index (χ4n) is 1.08. The van der Waals surface area contributed by atoms with Gasteiger partial charge in [0.25, 0.3) is 0 Å². The van der Waals surface area contributed by atoms with Gasteiger partial charge in [-0.2, -0.15) is 0 Å². The van der Waals surface area contributed by atoms with Crippen molar-refractivity contribution in [1.29, 1.82) is 0 Å². The summed E-state index contributed by atoms with van der Waals surface area (Å²) in [5.41, 5.74) is -0.280. The van der Waals surface area contributed by atoms with Crippen LogP contribution in [-0.2, 0) is 0 Å². The lowest BCUT2D eigenvalue weighted by Crippen LogP contribution is -2.34. The van der Waals surface area contributed by atoms with E-state index in [0.29, 0.717) is 5.69 Å². The first kappa shape index (κ1) is 12.9. The summed E-state index contributed by atoms with van der Waals surface area (Å²) in [6.07, 6.45) is 0. The van der Waals surface area contributed by atoms with Gasteiger partial charge < -0.3 is 15.5 Å². The first-order valence-corrected chi connectivity index (χ1v) is 4.91. The van der Waals surface area contributed by atoms with Crippen LogP contribution in [0, 0.1) is 17.0 Å². The van der Waals surface area contributed by atoms with Crippen LogP contribution in [0.15, 0.2) is 18.2 Å². The first-order valence-electron chi connectivity index (χ1n) is 4.91. The van der Waals surface area contributed by atoms with Crippen molar-refractivity contribution in [2.24, 2.45) is 5.41 Å². The maximum atomic E-state index is 12.8. The van der Waals surface area contributed by atoms with E-state index >= 15 is 0 Å². The van der Waals surface area contributed by atoms with Crippen LogP contribution in [0.3, 0.4) is 0 Å². The quantitative estimate of drug-likeness (QED) is 0.717. The summed E-state index contributed by atoms with van der Waals surface area (Å²) in [7, 11) is 0. The smallest absolute Gasteiger partial charge is 0.160 e. The number of nitrogens with one attached hydrogen (secondary N) is 1. The zero-order chi connectivity index (χ0) is 12.2. The molecule has 5 heteroatoms. The van der Waals surface area contributed by atoms with Gasteiger partial charge in [-0.25, -0.2) is 8.78 Å². The molecule has 90 valence electrons. The van der Waals surface area contributed by atoms with Crippen LogP contribution < -0.4 is 5.32 Å². The predicted octanol–water partition coefficient (Wildman–Crippen LogP) is 1.37. The SMILES string of the molecule is CC(CO)(CO)CNc1ccc(F)c(F)c1. The fourth-order valence-corrected chi connectivity index (χ4v) is 1.08. The first-order chi connectivity index (χ1) is 7.50. The minimum Gasteiger partial charge on any atom is -0.396 e. The molecule has 3 nitrogen and oxygen atoms in total. The second-order valence-electron chi connectivity index (χ2n) is 4.11. The van der Waals surface area contributed by atoms with Gasteiger partial charge in [0.2, 0.25) is 0 Å². The summed E-state index contributed by atoms with van der Waals surface area (Å²) >= 11 is 0. The highest BCUT2D eigenvalue weighted by atomic mass is 19.2. The molecule has 1 aromatic carbocycles. The molecule has 0 saturated carbocycles. The summed E-state index contributed by atoms with van der Waals surface area (Å²) in [5.74, 6) is -1.84. The molecule has 0 amide bonds. The molecule has 1 aromatic rings. The molecule has 0 aliphatic heterocycles. The second kappa shape index (κ2) is 5.23. The van der Waals surface area contributed by atoms with E-state index in [-0.39, 0.29) is 19.8 Å². The Hall–Kier alpha value is -1.20. The van der Waals surface area contributed by atoms with Crippen LogP contribution in [0.2, 0.25) is 0 Å². The van der Waals surface area contributed by atoms with Crippen LogP contribution in [0.25, 0.3) is 0 Å². The van der Waals surface area contributed by atoms with Crippen LogP contribution in [0.4, 0.5) is 14.5 Å². The molecule has 0 aliphatic rings. The maximum Gasteiger partial charge on any atom is 0.160 e. The second-order valence-corrected chi connectivity index (χ2v) is 4.11. The van der Waals surface area contributed by atoms with Gasteiger partial charge >= 0.3 is 0 Å². The molecule has 0 fully saturated rings. The maximum absolute atomic E-state index is 12.8. The third-order valence-electron chi connectivity index (χ3n) is 2.40. The van der Waals surface area contributed by atoms with Crippen molar-refractivity contribution in [1.82, 2.24) is 0 Å². The number of hydrogen-bond acceptors (Lipinski definition) is 3. The molecule has 0 atom stereocenters. The van der Waals surface area contributed by atoms with E-state index in [1.165, 1.54) is 6.07 Å². The Labute approximate surface area is 92.7 Å². The molecule has 1 rings (SSSR count). The summed E-state index contributed by atoms with van der Waals surface area (Å²) in [6, 6.07) is 3.45. The molecule has 0 aliphatic carbocycles. The van der Waals surface area contributed by atoms with E-state index in [1.807, 2.05) is 0 Å². The standard InChI is InChI=1S/C11H15F2NO2/c1-11(6-15,7-16)5-14-8-2-3-9(12)10(13)4-8/h2-4,14-16H,5-7H2,1H3. The van der Waals surface area contributed by atoms with E-state index in [9.17, 15) is 8.78 Å². The van der Waals surface area contributed by atoms with Gasteiger partial charge in [0.05, 0.1) is 13.2 Å². The van der Waals surface area contributed by atoms with Crippen molar-refractivity contribution in [3.63, 3.8) is 0 Å². The molecule has 0 aromatic heterocycles. The molecule has 0 bridgehead atoms. The number of rotatable bonds is 5. The monoisotopic (exact) mass is 231 g/mol. The molecular formula is C11H15F2NO2. The minimum absolute atomic E-state index is 0.194. The lowest BCUT2D eigenvalue weighted by atomic mass is 9.93. The van der Waals surface area contributed by atoms with Crippen molar-refractivity contribution in [3.05, 3.63) is 29.8 Å². The van der Waals surface area contributed by atoms with Crippen molar-refractivity contribution in [2.75, 3.05) is 25.1 Å². The van der Waals surface area contributed by atoms with E-state index in [2.05, 4.69) is 5.32 Å². The van der Waals surface area contributed by atoms with Gasteiger partial charge in [-0.15, -0.1) is 0 Å². The normalized spacial score (nSPS) is 11.6. The van der Waals surface area contributed by atoms with Crippen LogP contribution >= 0.6 is 0 Å². The zero-order valence-electron chi connectivity index (χ0n) is 9.00. The van der Waals surface area contributed by atoms with E-state index in [4.69, 9.17) is 10.2 Å². The molecule has 0 heterocycles. The van der Waals surface area contributed by atoms with Crippen molar-refractivity contribution < 1.29 is 19.0 Å². The number of anilines is 1. The Morgan fingerprint density at radius 3 is 2.31 bits per heavy atom. The number of hydrogen-bond donors (Lipinski definition) is 3. The fraction of sp³-hybridized carbons (Fsp3) is 0.455. The van der Waals surface area contributed by atoms with Gasteiger partial charge in [-0.1, -0.05) is 6.92 Å². The molecule has 0 unspecified atom stereocenters. The van der Waals surface area contributed by atoms with Gasteiger partial charge in [-0.3, -0.25) is 0 Å². The van der Waals surface area contributed by atoms with Crippen molar-refractivity contribution >= 4 is 5.69 Å². The zero-order valence-corrected chi connectivity index (χ0v) is 9.00. The third-order valence-corrected chi connectivity index (χ3v) is 2.40. The summed E-state index contributed by atoms with van der Waals surface area (Å²) in [5, 5.41) is 20.9. The highest BCUT2D eigenvalue weighted by Crippen LogP contribution is 2.18. The summed E-state index contributed by atoms with van der Waals surface area (Å²) in [4.78, 5) is 0. The average molecular weight is 231 g/mol. The minimum atomic E-state index is -0.931. The Morgan fingerprint density at radius 2 is 1.81 bits per heavy atom. The molecule has 0 saturated heterocycles. The number of aliphatic hydroxyl groups excluding tert-OH is 2. The van der Waals surface area contributed by atoms with Crippen LogP contribution in [0.5, 0.6) is 0 Å². The largest absolute Gasteiger partial charge is 0.396 e. The summed E-state index contributed by atoms with van der Waals surface area (Å²) < 4.78 is 25.5. The Kier molecular flexibility index (Phi) is 4.20. The highest BCUT2D eigenvalue weighted by Gasteiger charge is 2.22. The lowest BCUT2D eigenvalue weighted by molar-refractivity contribution is 0.0806. The topological polar surface area (TPSA) is 52.5 Å². The number of benzene rings is 1. The molecular weight excluding hydrogens is 216 g/mol. The molecule has 3 N–H and O–H groups in total. The molecule has 0 radical (unpaired) electrons. The van der Waals surface area contributed by atoms with Crippen molar-refractivity contribution in [2.45, 2.75) is 6.92 Å². The average Bonchev–Trinajstić information content (AvgIpc) is 2.30. The number of aliphatic hydroxyl groups is 2. The summed E-state index contributed by atoms with van der Waals surface area (Å²) in [6.45, 7) is 1.56.